The first-order valence-corrected chi connectivity index (χ1v) is 13.4. The molecule has 3 aromatic carbocycles. The smallest absolute Gasteiger partial charge is 0.317 e. The van der Waals surface area contributed by atoms with Crippen molar-refractivity contribution in [1.29, 1.82) is 0 Å². The quantitative estimate of drug-likeness (QED) is 0.447. The van der Waals surface area contributed by atoms with Gasteiger partial charge in [0.05, 0.1) is 25.8 Å². The molecule has 204 valence electrons. The third-order valence-electron chi connectivity index (χ3n) is 8.39. The lowest BCUT2D eigenvalue weighted by atomic mass is 9.71. The Balaban J connectivity index is 1.60. The van der Waals surface area contributed by atoms with Crippen LogP contribution in [0.25, 0.3) is 0 Å². The highest BCUT2D eigenvalue weighted by Crippen LogP contribution is 2.68. The van der Waals surface area contributed by atoms with Gasteiger partial charge in [-0.1, -0.05) is 35.9 Å². The van der Waals surface area contributed by atoms with Crippen molar-refractivity contribution < 1.29 is 28.5 Å². The van der Waals surface area contributed by atoms with E-state index in [1.807, 2.05) is 6.07 Å². The van der Waals surface area contributed by atoms with Gasteiger partial charge in [-0.2, -0.15) is 0 Å². The fraction of sp³-hybridized carbons (Fsp3) is 0.367. The molecule has 1 saturated heterocycles. The number of urea groups is 1. The SMILES string of the molecule is COc1cc(OC)c2c(c1)O[C@@]1(c3ccc(Cl)cc3)C(c3cccc(F)c3)C[C@H](NC(=O)N3CCCC3)[C@@]21O. The average molecular weight is 553 g/mol. The standard InChI is InChI=1S/C30H30ClFN2O5/c1-37-22-15-24(38-2)27-25(16-22)39-30(19-8-10-20(31)11-9-19)23(18-6-5-7-21(32)14-18)17-26(29(27,30)36)33-28(35)34-12-3-4-13-34/h5-11,14-16,23,26,36H,3-4,12-13,17H2,1-2H3,(H,33,35)/t23?,26-,29+,30-/m0/s1. The minimum Gasteiger partial charge on any atom is -0.496 e. The van der Waals surface area contributed by atoms with Crippen LogP contribution in [0.5, 0.6) is 17.2 Å². The molecule has 9 heteroatoms. The van der Waals surface area contributed by atoms with Gasteiger partial charge < -0.3 is 29.5 Å². The third kappa shape index (κ3) is 3.84. The van der Waals surface area contributed by atoms with E-state index in [4.69, 9.17) is 25.8 Å². The fourth-order valence-corrected chi connectivity index (χ4v) is 6.80. The summed E-state index contributed by atoms with van der Waals surface area (Å²) in [6.45, 7) is 1.31. The lowest BCUT2D eigenvalue weighted by Crippen LogP contribution is -2.57. The van der Waals surface area contributed by atoms with Crippen molar-refractivity contribution in [2.75, 3.05) is 27.3 Å². The van der Waals surface area contributed by atoms with Gasteiger partial charge in [-0.05, 0) is 54.7 Å². The number of carbonyl (C=O) groups excluding carboxylic acids is 1. The molecule has 39 heavy (non-hydrogen) atoms. The minimum atomic E-state index is -1.79. The van der Waals surface area contributed by atoms with Crippen LogP contribution in [0.15, 0.2) is 60.7 Å². The van der Waals surface area contributed by atoms with Crippen LogP contribution in [0.1, 0.15) is 41.9 Å². The van der Waals surface area contributed by atoms with E-state index < -0.39 is 29.0 Å². The summed E-state index contributed by atoms with van der Waals surface area (Å²) in [5, 5.41) is 16.7. The monoisotopic (exact) mass is 552 g/mol. The number of fused-ring (bicyclic) bond motifs is 3. The number of nitrogens with one attached hydrogen (secondary N) is 1. The number of hydrogen-bond acceptors (Lipinski definition) is 5. The number of halogens is 2. The Labute approximate surface area is 231 Å². The lowest BCUT2D eigenvalue weighted by Gasteiger charge is -2.42. The summed E-state index contributed by atoms with van der Waals surface area (Å²) in [6.07, 6.45) is 2.15. The number of benzene rings is 3. The van der Waals surface area contributed by atoms with E-state index in [9.17, 15) is 14.3 Å². The third-order valence-corrected chi connectivity index (χ3v) is 8.65. The van der Waals surface area contributed by atoms with Crippen LogP contribution < -0.4 is 19.5 Å². The van der Waals surface area contributed by atoms with Gasteiger partial charge >= 0.3 is 6.03 Å². The van der Waals surface area contributed by atoms with Gasteiger partial charge in [0.15, 0.2) is 11.2 Å². The zero-order valence-corrected chi connectivity index (χ0v) is 22.5. The molecule has 4 atom stereocenters. The molecule has 2 aliphatic heterocycles. The molecule has 0 aromatic heterocycles. The van der Waals surface area contributed by atoms with Crippen LogP contribution in [0.4, 0.5) is 9.18 Å². The summed E-state index contributed by atoms with van der Waals surface area (Å²) in [6, 6.07) is 15.7. The summed E-state index contributed by atoms with van der Waals surface area (Å²) in [7, 11) is 3.05. The Hall–Kier alpha value is -3.49. The molecule has 3 aliphatic rings. The average Bonchev–Trinajstić information content (AvgIpc) is 3.62. The molecule has 0 bridgehead atoms. The Morgan fingerprint density at radius 1 is 1.10 bits per heavy atom. The number of rotatable bonds is 5. The Bertz CT molecular complexity index is 1410. The maximum Gasteiger partial charge on any atom is 0.317 e. The second-order valence-corrected chi connectivity index (χ2v) is 10.8. The number of nitrogens with zero attached hydrogens (tertiary/aromatic N) is 1. The van der Waals surface area contributed by atoms with E-state index in [2.05, 4.69) is 5.32 Å². The van der Waals surface area contributed by atoms with Crippen molar-refractivity contribution in [3.63, 3.8) is 0 Å². The van der Waals surface area contributed by atoms with Gasteiger partial charge in [0.2, 0.25) is 0 Å². The number of likely N-dealkylation sites (tertiary alicyclic amines) is 1. The Morgan fingerprint density at radius 2 is 1.85 bits per heavy atom. The van der Waals surface area contributed by atoms with Crippen molar-refractivity contribution in [2.24, 2.45) is 0 Å². The molecule has 1 aliphatic carbocycles. The maximum atomic E-state index is 14.6. The second kappa shape index (κ2) is 9.61. The molecule has 0 radical (unpaired) electrons. The van der Waals surface area contributed by atoms with Crippen LogP contribution in [-0.2, 0) is 11.2 Å². The van der Waals surface area contributed by atoms with Crippen molar-refractivity contribution in [2.45, 2.75) is 42.4 Å². The van der Waals surface area contributed by atoms with E-state index in [0.717, 1.165) is 12.8 Å². The summed E-state index contributed by atoms with van der Waals surface area (Å²) in [4.78, 5) is 15.2. The maximum absolute atomic E-state index is 14.6. The second-order valence-electron chi connectivity index (χ2n) is 10.4. The fourth-order valence-electron chi connectivity index (χ4n) is 6.68. The van der Waals surface area contributed by atoms with Gasteiger partial charge in [0.1, 0.15) is 23.1 Å². The van der Waals surface area contributed by atoms with Crippen LogP contribution in [0.2, 0.25) is 5.02 Å². The number of amides is 2. The van der Waals surface area contributed by atoms with Crippen molar-refractivity contribution in [3.8, 4) is 17.2 Å². The topological polar surface area (TPSA) is 80.3 Å². The van der Waals surface area contributed by atoms with Crippen molar-refractivity contribution in [3.05, 3.63) is 88.2 Å². The largest absolute Gasteiger partial charge is 0.496 e. The highest BCUT2D eigenvalue weighted by atomic mass is 35.5. The molecule has 0 spiro atoms. The number of ether oxygens (including phenoxy) is 3. The van der Waals surface area contributed by atoms with Crippen molar-refractivity contribution in [1.82, 2.24) is 10.2 Å². The van der Waals surface area contributed by atoms with Gasteiger partial charge in [-0.15, -0.1) is 0 Å². The normalized spacial score (nSPS) is 27.1. The van der Waals surface area contributed by atoms with Gasteiger partial charge in [0, 0.05) is 36.2 Å². The predicted octanol–water partition coefficient (Wildman–Crippen LogP) is 5.33. The van der Waals surface area contributed by atoms with E-state index in [0.29, 0.717) is 52.1 Å². The van der Waals surface area contributed by atoms with E-state index >= 15 is 0 Å². The molecule has 6 rings (SSSR count). The van der Waals surface area contributed by atoms with Crippen LogP contribution in [0.3, 0.4) is 0 Å². The summed E-state index contributed by atoms with van der Waals surface area (Å²) in [5.41, 5.74) is -1.55. The molecule has 2 N–H and O–H groups in total. The first kappa shape index (κ1) is 25.8. The minimum absolute atomic E-state index is 0.253. The van der Waals surface area contributed by atoms with Gasteiger partial charge in [0.25, 0.3) is 0 Å². The van der Waals surface area contributed by atoms with Crippen molar-refractivity contribution >= 4 is 17.6 Å². The first-order valence-electron chi connectivity index (χ1n) is 13.1. The molecule has 2 amide bonds. The Kier molecular flexibility index (Phi) is 6.35. The van der Waals surface area contributed by atoms with Gasteiger partial charge in [-0.25, -0.2) is 9.18 Å². The molecule has 2 heterocycles. The molecule has 7 nitrogen and oxygen atoms in total. The molecule has 3 aromatic rings. The highest BCUT2D eigenvalue weighted by Gasteiger charge is 2.74. The van der Waals surface area contributed by atoms with Gasteiger partial charge in [-0.3, -0.25) is 0 Å². The number of hydrogen-bond donors (Lipinski definition) is 2. The number of methoxy groups -OCH3 is 2. The van der Waals surface area contributed by atoms with E-state index in [1.165, 1.54) is 26.4 Å². The molecule has 1 unspecified atom stereocenters. The zero-order chi connectivity index (χ0) is 27.4. The summed E-state index contributed by atoms with van der Waals surface area (Å²) >= 11 is 6.26. The van der Waals surface area contributed by atoms with E-state index in [-0.39, 0.29) is 12.5 Å². The number of carbonyl (C=O) groups is 1. The van der Waals surface area contributed by atoms with Crippen LogP contribution in [-0.4, -0.2) is 49.4 Å². The molecular formula is C30H30ClFN2O5. The Morgan fingerprint density at radius 3 is 2.51 bits per heavy atom. The zero-order valence-electron chi connectivity index (χ0n) is 21.7. The lowest BCUT2D eigenvalue weighted by molar-refractivity contribution is -0.116. The predicted molar refractivity (Wildman–Crippen MR) is 144 cm³/mol. The van der Waals surface area contributed by atoms with Crippen LogP contribution >= 0.6 is 11.6 Å². The first-order chi connectivity index (χ1) is 18.8. The number of aliphatic hydroxyl groups is 1. The summed E-state index contributed by atoms with van der Waals surface area (Å²) < 4.78 is 32.7. The molecule has 2 fully saturated rings. The van der Waals surface area contributed by atoms with E-state index in [1.54, 1.807) is 47.4 Å². The molecule has 1 saturated carbocycles. The molecular weight excluding hydrogens is 523 g/mol. The highest BCUT2D eigenvalue weighted by molar-refractivity contribution is 6.30. The summed E-state index contributed by atoms with van der Waals surface area (Å²) in [5.74, 6) is 0.265. The van der Waals surface area contributed by atoms with Crippen LogP contribution in [0, 0.1) is 5.82 Å².